The third-order valence-corrected chi connectivity index (χ3v) is 4.91. The minimum Gasteiger partial charge on any atom is -0.338 e. The van der Waals surface area contributed by atoms with Gasteiger partial charge in [-0.15, -0.1) is 10.2 Å². The lowest BCUT2D eigenvalue weighted by Gasteiger charge is -2.32. The van der Waals surface area contributed by atoms with Gasteiger partial charge in [0.15, 0.2) is 5.82 Å². The molecule has 2 aromatic heterocycles. The second-order valence-electron chi connectivity index (χ2n) is 7.37. The van der Waals surface area contributed by atoms with E-state index >= 15 is 0 Å². The number of hydrogen-bond donors (Lipinski definition) is 0. The van der Waals surface area contributed by atoms with Crippen LogP contribution >= 0.6 is 0 Å². The number of likely N-dealkylation sites (N-methyl/N-ethyl adjacent to an activating group) is 1. The first kappa shape index (κ1) is 19.2. The van der Waals surface area contributed by atoms with Gasteiger partial charge in [-0.25, -0.2) is 9.97 Å². The molecule has 0 bridgehead atoms. The summed E-state index contributed by atoms with van der Waals surface area (Å²) in [6.45, 7) is 10.1. The van der Waals surface area contributed by atoms with Crippen LogP contribution in [0, 0.1) is 6.92 Å². The number of nitrogens with zero attached hydrogens (tertiary/aromatic N) is 8. The van der Waals surface area contributed by atoms with Gasteiger partial charge in [-0.1, -0.05) is 0 Å². The Bertz CT molecular complexity index is 794. The smallest absolute Gasteiger partial charge is 0.257 e. The highest BCUT2D eigenvalue weighted by Gasteiger charge is 2.21. The number of aromatic nitrogens is 5. The van der Waals surface area contributed by atoms with Crippen LogP contribution in [-0.4, -0.2) is 80.7 Å². The summed E-state index contributed by atoms with van der Waals surface area (Å²) in [6.07, 6.45) is 3.33. The second kappa shape index (κ2) is 7.99. The fraction of sp³-hybridized carbons (Fsp3) is 0.611. The first-order valence-corrected chi connectivity index (χ1v) is 9.27. The van der Waals surface area contributed by atoms with Crippen LogP contribution in [-0.2, 0) is 6.54 Å². The molecule has 3 rings (SSSR count). The van der Waals surface area contributed by atoms with E-state index < -0.39 is 0 Å². The third-order valence-electron chi connectivity index (χ3n) is 4.91. The van der Waals surface area contributed by atoms with Crippen molar-refractivity contribution >= 4 is 11.9 Å². The van der Waals surface area contributed by atoms with Crippen molar-refractivity contribution in [1.82, 2.24) is 34.5 Å². The van der Waals surface area contributed by atoms with Crippen molar-refractivity contribution < 1.29 is 4.79 Å². The standard InChI is InChI=1S/C18H28N8O/c1-13(2)26-12-20-22-16(26)11-24(5)17(27)15-10-19-18(21-14(15)3)25-8-6-23(4)7-9-25/h10,12-13H,6-9,11H2,1-5H3. The summed E-state index contributed by atoms with van der Waals surface area (Å²) in [4.78, 5) is 28.0. The van der Waals surface area contributed by atoms with Crippen molar-refractivity contribution in [2.45, 2.75) is 33.4 Å². The van der Waals surface area contributed by atoms with Crippen LogP contribution in [0.2, 0.25) is 0 Å². The van der Waals surface area contributed by atoms with Crippen molar-refractivity contribution in [3.05, 3.63) is 29.6 Å². The Morgan fingerprint density at radius 2 is 1.96 bits per heavy atom. The average Bonchev–Trinajstić information content (AvgIpc) is 3.10. The van der Waals surface area contributed by atoms with E-state index in [-0.39, 0.29) is 11.9 Å². The maximum atomic E-state index is 12.9. The molecule has 0 radical (unpaired) electrons. The van der Waals surface area contributed by atoms with Crippen LogP contribution in [0.3, 0.4) is 0 Å². The minimum atomic E-state index is -0.115. The van der Waals surface area contributed by atoms with E-state index in [4.69, 9.17) is 0 Å². The first-order valence-electron chi connectivity index (χ1n) is 9.27. The molecule has 3 heterocycles. The van der Waals surface area contributed by atoms with E-state index in [9.17, 15) is 4.79 Å². The number of piperazine rings is 1. The Balaban J connectivity index is 1.71. The molecule has 9 nitrogen and oxygen atoms in total. The van der Waals surface area contributed by atoms with Crippen molar-refractivity contribution in [2.24, 2.45) is 0 Å². The number of rotatable bonds is 5. The Labute approximate surface area is 160 Å². The quantitative estimate of drug-likeness (QED) is 0.774. The molecular formula is C18H28N8O. The largest absolute Gasteiger partial charge is 0.338 e. The molecule has 0 atom stereocenters. The molecule has 9 heteroatoms. The molecule has 0 unspecified atom stereocenters. The predicted octanol–water partition coefficient (Wildman–Crippen LogP) is 0.981. The molecule has 1 aliphatic rings. The minimum absolute atomic E-state index is 0.115. The zero-order valence-electron chi connectivity index (χ0n) is 16.8. The maximum absolute atomic E-state index is 12.9. The van der Waals surface area contributed by atoms with Crippen LogP contribution in [0.1, 0.15) is 41.8 Å². The number of carbonyl (C=O) groups is 1. The van der Waals surface area contributed by atoms with Gasteiger partial charge in [0.05, 0.1) is 17.8 Å². The van der Waals surface area contributed by atoms with Gasteiger partial charge < -0.3 is 19.3 Å². The molecule has 1 saturated heterocycles. The van der Waals surface area contributed by atoms with Gasteiger partial charge in [-0.05, 0) is 27.8 Å². The van der Waals surface area contributed by atoms with Gasteiger partial charge in [0, 0.05) is 45.5 Å². The van der Waals surface area contributed by atoms with Crippen molar-refractivity contribution in [3.8, 4) is 0 Å². The van der Waals surface area contributed by atoms with Gasteiger partial charge >= 0.3 is 0 Å². The number of hydrogen-bond acceptors (Lipinski definition) is 7. The molecule has 2 aromatic rings. The predicted molar refractivity (Wildman–Crippen MR) is 103 cm³/mol. The molecule has 0 spiro atoms. The zero-order chi connectivity index (χ0) is 19.6. The van der Waals surface area contributed by atoms with Crippen LogP contribution in [0.4, 0.5) is 5.95 Å². The fourth-order valence-corrected chi connectivity index (χ4v) is 3.12. The van der Waals surface area contributed by atoms with Crippen molar-refractivity contribution in [3.63, 3.8) is 0 Å². The van der Waals surface area contributed by atoms with Crippen LogP contribution in [0.5, 0.6) is 0 Å². The lowest BCUT2D eigenvalue weighted by Crippen LogP contribution is -2.45. The molecule has 1 amide bonds. The normalized spacial score (nSPS) is 15.4. The Morgan fingerprint density at radius 1 is 1.26 bits per heavy atom. The highest BCUT2D eigenvalue weighted by Crippen LogP contribution is 2.16. The van der Waals surface area contributed by atoms with E-state index in [1.165, 1.54) is 0 Å². The molecule has 27 heavy (non-hydrogen) atoms. The number of carbonyl (C=O) groups excluding carboxylic acids is 1. The molecule has 1 aliphatic heterocycles. The Morgan fingerprint density at radius 3 is 2.59 bits per heavy atom. The van der Waals surface area contributed by atoms with Gasteiger partial charge in [0.25, 0.3) is 5.91 Å². The zero-order valence-corrected chi connectivity index (χ0v) is 16.8. The van der Waals surface area contributed by atoms with Gasteiger partial charge in [0.2, 0.25) is 5.95 Å². The third kappa shape index (κ3) is 4.24. The summed E-state index contributed by atoms with van der Waals surface area (Å²) in [5.74, 6) is 1.34. The highest BCUT2D eigenvalue weighted by atomic mass is 16.2. The lowest BCUT2D eigenvalue weighted by molar-refractivity contribution is 0.0777. The summed E-state index contributed by atoms with van der Waals surface area (Å²) in [5.41, 5.74) is 1.21. The molecular weight excluding hydrogens is 344 g/mol. The van der Waals surface area contributed by atoms with Gasteiger partial charge in [-0.3, -0.25) is 4.79 Å². The SMILES string of the molecule is Cc1nc(N2CCN(C)CC2)ncc1C(=O)N(C)Cc1nncn1C(C)C. The van der Waals surface area contributed by atoms with Crippen molar-refractivity contribution in [2.75, 3.05) is 45.2 Å². The molecule has 1 fully saturated rings. The molecule has 0 aliphatic carbocycles. The maximum Gasteiger partial charge on any atom is 0.257 e. The molecule has 146 valence electrons. The number of aryl methyl sites for hydroxylation is 1. The van der Waals surface area contributed by atoms with Crippen molar-refractivity contribution in [1.29, 1.82) is 0 Å². The van der Waals surface area contributed by atoms with E-state index in [0.717, 1.165) is 32.0 Å². The topological polar surface area (TPSA) is 83.3 Å². The monoisotopic (exact) mass is 372 g/mol. The molecule has 0 aromatic carbocycles. The average molecular weight is 372 g/mol. The second-order valence-corrected chi connectivity index (χ2v) is 7.37. The first-order chi connectivity index (χ1) is 12.9. The molecule has 0 N–H and O–H groups in total. The van der Waals surface area contributed by atoms with E-state index in [1.807, 2.05) is 11.5 Å². The molecule has 0 saturated carbocycles. The van der Waals surface area contributed by atoms with Gasteiger partial charge in [0.1, 0.15) is 6.33 Å². The summed E-state index contributed by atoms with van der Waals surface area (Å²) in [6, 6.07) is 0.242. The highest BCUT2D eigenvalue weighted by molar-refractivity contribution is 5.94. The lowest BCUT2D eigenvalue weighted by atomic mass is 10.2. The summed E-state index contributed by atoms with van der Waals surface area (Å²) in [5, 5.41) is 8.09. The number of anilines is 1. The van der Waals surface area contributed by atoms with Crippen LogP contribution in [0.15, 0.2) is 12.5 Å². The summed E-state index contributed by atoms with van der Waals surface area (Å²) < 4.78 is 1.96. The van der Waals surface area contributed by atoms with E-state index in [0.29, 0.717) is 23.8 Å². The number of amides is 1. The summed E-state index contributed by atoms with van der Waals surface area (Å²) in [7, 11) is 3.87. The summed E-state index contributed by atoms with van der Waals surface area (Å²) >= 11 is 0. The van der Waals surface area contributed by atoms with Crippen LogP contribution < -0.4 is 4.90 Å². The van der Waals surface area contributed by atoms with E-state index in [1.54, 1.807) is 24.5 Å². The Kier molecular flexibility index (Phi) is 5.69. The van der Waals surface area contributed by atoms with E-state index in [2.05, 4.69) is 50.9 Å². The van der Waals surface area contributed by atoms with Crippen LogP contribution in [0.25, 0.3) is 0 Å². The Hall–Kier alpha value is -2.55. The van der Waals surface area contributed by atoms with Gasteiger partial charge in [-0.2, -0.15) is 0 Å². The fourth-order valence-electron chi connectivity index (χ4n) is 3.12.